The lowest BCUT2D eigenvalue weighted by atomic mass is 9.81. The lowest BCUT2D eigenvalue weighted by molar-refractivity contribution is -0.265. The molecule has 4 N–H and O–H groups in total. The second kappa shape index (κ2) is 9.56. The summed E-state index contributed by atoms with van der Waals surface area (Å²) >= 11 is 0. The maximum Gasteiger partial charge on any atom is 0.424 e. The van der Waals surface area contributed by atoms with Gasteiger partial charge in [0.05, 0.1) is 12.2 Å². The first-order valence-corrected chi connectivity index (χ1v) is 12.0. The molecule has 3 heterocycles. The van der Waals surface area contributed by atoms with Gasteiger partial charge in [-0.05, 0) is 60.8 Å². The van der Waals surface area contributed by atoms with Crippen LogP contribution in [0.2, 0.25) is 0 Å². The van der Waals surface area contributed by atoms with Gasteiger partial charge in [0.25, 0.3) is 5.91 Å². The van der Waals surface area contributed by atoms with Gasteiger partial charge < -0.3 is 20.9 Å². The number of alkyl halides is 3. The fourth-order valence-corrected chi connectivity index (χ4v) is 4.48. The van der Waals surface area contributed by atoms with E-state index in [1.165, 1.54) is 37.4 Å². The van der Waals surface area contributed by atoms with Gasteiger partial charge in [-0.1, -0.05) is 6.07 Å². The highest BCUT2D eigenvalue weighted by Crippen LogP contribution is 2.47. The summed E-state index contributed by atoms with van der Waals surface area (Å²) in [4.78, 5) is 33.2. The van der Waals surface area contributed by atoms with E-state index in [4.69, 9.17) is 10.5 Å². The maximum atomic E-state index is 14.5. The van der Waals surface area contributed by atoms with Gasteiger partial charge in [0.1, 0.15) is 29.3 Å². The van der Waals surface area contributed by atoms with E-state index in [9.17, 15) is 32.3 Å². The molecule has 0 spiro atoms. The van der Waals surface area contributed by atoms with Crippen molar-refractivity contribution >= 4 is 22.6 Å². The zero-order chi connectivity index (χ0) is 28.9. The Bertz CT molecular complexity index is 1640. The van der Waals surface area contributed by atoms with E-state index in [2.05, 4.69) is 15.3 Å². The Kier molecular flexibility index (Phi) is 6.45. The third kappa shape index (κ3) is 4.49. The fraction of sp³-hybridized carbons (Fsp3) is 0.214. The van der Waals surface area contributed by atoms with Crippen LogP contribution < -0.4 is 15.8 Å². The molecular formula is C28H22F4N4O4. The number of nitrogens with two attached hydrogens (primary N) is 1. The van der Waals surface area contributed by atoms with Crippen LogP contribution in [0, 0.1) is 5.82 Å². The number of rotatable bonds is 6. The van der Waals surface area contributed by atoms with Crippen molar-refractivity contribution in [2.45, 2.75) is 24.1 Å². The molecule has 0 fully saturated rings. The van der Waals surface area contributed by atoms with Crippen LogP contribution in [-0.2, 0) is 15.8 Å². The summed E-state index contributed by atoms with van der Waals surface area (Å²) in [7, 11) is 0. The molecule has 0 saturated heterocycles. The number of hydrogen-bond donors (Lipinski definition) is 3. The first kappa shape index (κ1) is 27.0. The van der Waals surface area contributed by atoms with Crippen LogP contribution in [0.4, 0.5) is 17.6 Å². The van der Waals surface area contributed by atoms with Crippen molar-refractivity contribution in [1.82, 2.24) is 15.3 Å². The molecule has 12 heteroatoms. The second-order valence-corrected chi connectivity index (χ2v) is 9.70. The average Bonchev–Trinajstić information content (AvgIpc) is 3.28. The van der Waals surface area contributed by atoms with Crippen molar-refractivity contribution in [3.05, 3.63) is 89.6 Å². The van der Waals surface area contributed by atoms with Crippen LogP contribution in [0.3, 0.4) is 0 Å². The summed E-state index contributed by atoms with van der Waals surface area (Å²) in [5, 5.41) is 14.6. The van der Waals surface area contributed by atoms with Gasteiger partial charge in [0.15, 0.2) is 0 Å². The summed E-state index contributed by atoms with van der Waals surface area (Å²) in [6.45, 7) is -0.194. The molecule has 2 aromatic heterocycles. The number of ether oxygens (including phenoxy) is 1. The second-order valence-electron chi connectivity index (χ2n) is 9.70. The zero-order valence-corrected chi connectivity index (χ0v) is 20.9. The first-order valence-electron chi connectivity index (χ1n) is 12.0. The molecule has 1 aliphatic heterocycles. The molecule has 5 rings (SSSR count). The molecule has 2 aromatic carbocycles. The number of amides is 2. The minimum Gasteiger partial charge on any atom is -0.489 e. The molecule has 4 aromatic rings. The van der Waals surface area contributed by atoms with Gasteiger partial charge in [-0.25, -0.2) is 9.37 Å². The van der Waals surface area contributed by atoms with E-state index in [1.807, 2.05) is 0 Å². The predicted molar refractivity (Wildman–Crippen MR) is 136 cm³/mol. The summed E-state index contributed by atoms with van der Waals surface area (Å²) in [6, 6.07) is 11.8. The fourth-order valence-electron chi connectivity index (χ4n) is 4.48. The SMILES string of the molecule is C[C@]1(C(N)=O)COc2c1cc([C@@](O)(CNC(=O)c1ccc3ccncc3c1)C(F)(F)F)nc2-c1ccc(F)cc1. The number of aliphatic hydroxyl groups is 1. The lowest BCUT2D eigenvalue weighted by Crippen LogP contribution is -2.51. The number of primary amides is 1. The normalized spacial score (nSPS) is 18.1. The minimum atomic E-state index is -5.32. The monoisotopic (exact) mass is 554 g/mol. The molecule has 2 atom stereocenters. The van der Waals surface area contributed by atoms with Crippen molar-refractivity contribution in [2.24, 2.45) is 5.73 Å². The van der Waals surface area contributed by atoms with Crippen molar-refractivity contribution in [3.8, 4) is 17.0 Å². The summed E-state index contributed by atoms with van der Waals surface area (Å²) in [5.74, 6) is -2.37. The Morgan fingerprint density at radius 3 is 2.50 bits per heavy atom. The number of carbonyl (C=O) groups is 2. The first-order chi connectivity index (χ1) is 18.8. The van der Waals surface area contributed by atoms with Crippen LogP contribution in [0.25, 0.3) is 22.0 Å². The number of carbonyl (C=O) groups excluding carboxylic acids is 2. The number of pyridine rings is 2. The van der Waals surface area contributed by atoms with E-state index < -0.39 is 47.1 Å². The third-order valence-electron chi connectivity index (χ3n) is 7.03. The van der Waals surface area contributed by atoms with Gasteiger partial charge in [0, 0.05) is 34.5 Å². The Hall–Kier alpha value is -4.58. The molecule has 0 radical (unpaired) electrons. The third-order valence-corrected chi connectivity index (χ3v) is 7.03. The Labute approximate surface area is 224 Å². The standard InChI is InChI=1S/C28H22F4N4O4/c1-26(25(33)38)14-40-23-20(26)11-21(36-22(23)16-4-6-19(29)7-5-16)27(39,28(30,31)32)13-35-24(37)17-3-2-15-8-9-34-12-18(15)10-17/h2-12,39H,13-14H2,1H3,(H2,33,38)(H,35,37)/t26-,27-/m0/s1. The van der Waals surface area contributed by atoms with Crippen molar-refractivity contribution < 1.29 is 37.0 Å². The molecule has 0 unspecified atom stereocenters. The van der Waals surface area contributed by atoms with Crippen LogP contribution in [0.15, 0.2) is 67.0 Å². The van der Waals surface area contributed by atoms with Crippen molar-refractivity contribution in [3.63, 3.8) is 0 Å². The molecule has 8 nitrogen and oxygen atoms in total. The van der Waals surface area contributed by atoms with Gasteiger partial charge >= 0.3 is 6.18 Å². The van der Waals surface area contributed by atoms with Gasteiger partial charge in [-0.3, -0.25) is 14.6 Å². The zero-order valence-electron chi connectivity index (χ0n) is 20.9. The largest absolute Gasteiger partial charge is 0.489 e. The highest BCUT2D eigenvalue weighted by atomic mass is 19.4. The number of fused-ring (bicyclic) bond motifs is 2. The van der Waals surface area contributed by atoms with Gasteiger partial charge in [-0.2, -0.15) is 13.2 Å². The smallest absolute Gasteiger partial charge is 0.424 e. The van der Waals surface area contributed by atoms with E-state index >= 15 is 0 Å². The van der Waals surface area contributed by atoms with E-state index in [-0.39, 0.29) is 34.7 Å². The predicted octanol–water partition coefficient (Wildman–Crippen LogP) is 3.75. The number of halogens is 4. The van der Waals surface area contributed by atoms with E-state index in [0.717, 1.165) is 23.6 Å². The van der Waals surface area contributed by atoms with Crippen LogP contribution in [0.1, 0.15) is 28.5 Å². The number of nitrogens with zero attached hydrogens (tertiary/aromatic N) is 2. The summed E-state index contributed by atoms with van der Waals surface area (Å²) in [6.07, 6.45) is -2.26. The topological polar surface area (TPSA) is 127 Å². The van der Waals surface area contributed by atoms with Crippen molar-refractivity contribution in [1.29, 1.82) is 0 Å². The average molecular weight is 555 g/mol. The maximum absolute atomic E-state index is 14.5. The minimum absolute atomic E-state index is 0.0185. The number of aromatic nitrogens is 2. The summed E-state index contributed by atoms with van der Waals surface area (Å²) < 4.78 is 62.8. The molecule has 0 bridgehead atoms. The van der Waals surface area contributed by atoms with Gasteiger partial charge in [-0.15, -0.1) is 0 Å². The molecular weight excluding hydrogens is 532 g/mol. The van der Waals surface area contributed by atoms with Crippen LogP contribution >= 0.6 is 0 Å². The molecule has 0 aliphatic carbocycles. The molecule has 206 valence electrons. The highest BCUT2D eigenvalue weighted by molar-refractivity contribution is 5.98. The quantitative estimate of drug-likeness (QED) is 0.312. The molecule has 2 amide bonds. The van der Waals surface area contributed by atoms with Crippen molar-refractivity contribution in [2.75, 3.05) is 13.2 Å². The number of hydrogen-bond acceptors (Lipinski definition) is 6. The van der Waals surface area contributed by atoms with Crippen LogP contribution in [-0.4, -0.2) is 46.2 Å². The summed E-state index contributed by atoms with van der Waals surface area (Å²) in [5.41, 5.74) is -0.533. The number of nitrogens with one attached hydrogen (secondary N) is 1. The molecule has 1 aliphatic rings. The number of benzene rings is 2. The molecule has 0 saturated carbocycles. The van der Waals surface area contributed by atoms with Gasteiger partial charge in [0.2, 0.25) is 11.5 Å². The van der Waals surface area contributed by atoms with E-state index in [1.54, 1.807) is 18.3 Å². The van der Waals surface area contributed by atoms with Crippen LogP contribution in [0.5, 0.6) is 5.75 Å². The Morgan fingerprint density at radius 1 is 1.10 bits per heavy atom. The molecule has 40 heavy (non-hydrogen) atoms. The Balaban J connectivity index is 1.58. The Morgan fingerprint density at radius 2 is 1.82 bits per heavy atom. The lowest BCUT2D eigenvalue weighted by Gasteiger charge is -2.31. The highest BCUT2D eigenvalue weighted by Gasteiger charge is 2.57. The van der Waals surface area contributed by atoms with E-state index in [0.29, 0.717) is 5.39 Å².